The van der Waals surface area contributed by atoms with Crippen LogP contribution in [-0.4, -0.2) is 28.3 Å². The van der Waals surface area contributed by atoms with Crippen LogP contribution in [0.15, 0.2) is 11.1 Å². The maximum absolute atomic E-state index is 12.4. The van der Waals surface area contributed by atoms with Crippen LogP contribution in [0, 0.1) is 5.92 Å². The van der Waals surface area contributed by atoms with Gasteiger partial charge < -0.3 is 10.2 Å². The molecule has 1 fully saturated rings. The molecule has 19 heavy (non-hydrogen) atoms. The van der Waals surface area contributed by atoms with Crippen LogP contribution in [0.3, 0.4) is 0 Å². The lowest BCUT2D eigenvalue weighted by Gasteiger charge is -2.24. The lowest BCUT2D eigenvalue weighted by Crippen LogP contribution is -2.24. The monoisotopic (exact) mass is 280 g/mol. The molecule has 0 aromatic carbocycles. The molecule has 0 atom stereocenters. The second-order valence-electron chi connectivity index (χ2n) is 4.63. The Morgan fingerprint density at radius 2 is 1.53 bits per heavy atom. The van der Waals surface area contributed by atoms with E-state index in [1.165, 1.54) is 0 Å². The second-order valence-corrected chi connectivity index (χ2v) is 4.63. The van der Waals surface area contributed by atoms with E-state index < -0.39 is 41.6 Å². The topological polar surface area (TPSA) is 74.6 Å². The summed E-state index contributed by atoms with van der Waals surface area (Å²) in [5, 5.41) is 17.9. The van der Waals surface area contributed by atoms with Crippen molar-refractivity contribution in [2.45, 2.75) is 44.7 Å². The van der Waals surface area contributed by atoms with Gasteiger partial charge in [0.2, 0.25) is 0 Å². The maximum atomic E-state index is 12.4. The van der Waals surface area contributed by atoms with Gasteiger partial charge in [0.1, 0.15) is 0 Å². The van der Waals surface area contributed by atoms with Crippen molar-refractivity contribution in [3.63, 3.8) is 0 Å². The van der Waals surface area contributed by atoms with E-state index in [4.69, 9.17) is 10.2 Å². The first kappa shape index (κ1) is 15.5. The fourth-order valence-electron chi connectivity index (χ4n) is 2.43. The SMILES string of the molecule is O=C(O)/C(CC(F)(F)F)=C(/C(=O)O)C1CCCCC1. The summed E-state index contributed by atoms with van der Waals surface area (Å²) in [5.74, 6) is -3.96. The molecule has 0 saturated heterocycles. The van der Waals surface area contributed by atoms with Gasteiger partial charge in [0.25, 0.3) is 0 Å². The largest absolute Gasteiger partial charge is 0.478 e. The highest BCUT2D eigenvalue weighted by Crippen LogP contribution is 2.35. The van der Waals surface area contributed by atoms with Crippen molar-refractivity contribution < 1.29 is 33.0 Å². The summed E-state index contributed by atoms with van der Waals surface area (Å²) in [6, 6.07) is 0. The van der Waals surface area contributed by atoms with Crippen molar-refractivity contribution in [3.8, 4) is 0 Å². The number of carbonyl (C=O) groups is 2. The molecule has 4 nitrogen and oxygen atoms in total. The Morgan fingerprint density at radius 1 is 1.00 bits per heavy atom. The molecule has 1 saturated carbocycles. The van der Waals surface area contributed by atoms with Crippen LogP contribution in [0.1, 0.15) is 38.5 Å². The quantitative estimate of drug-likeness (QED) is 0.776. The molecule has 0 bridgehead atoms. The fraction of sp³-hybridized carbons (Fsp3) is 0.667. The van der Waals surface area contributed by atoms with Crippen LogP contribution < -0.4 is 0 Å². The number of hydrogen-bond acceptors (Lipinski definition) is 2. The van der Waals surface area contributed by atoms with Crippen LogP contribution in [0.2, 0.25) is 0 Å². The summed E-state index contributed by atoms with van der Waals surface area (Å²) in [6.07, 6.45) is -3.28. The van der Waals surface area contributed by atoms with Gasteiger partial charge in [-0.05, 0) is 18.8 Å². The van der Waals surface area contributed by atoms with E-state index in [0.29, 0.717) is 25.7 Å². The lowest BCUT2D eigenvalue weighted by molar-refractivity contribution is -0.144. The smallest absolute Gasteiger partial charge is 0.393 e. The minimum Gasteiger partial charge on any atom is -0.478 e. The van der Waals surface area contributed by atoms with Gasteiger partial charge in [-0.15, -0.1) is 0 Å². The maximum Gasteiger partial charge on any atom is 0.393 e. The van der Waals surface area contributed by atoms with E-state index in [1.807, 2.05) is 0 Å². The first-order chi connectivity index (χ1) is 8.72. The van der Waals surface area contributed by atoms with Gasteiger partial charge >= 0.3 is 18.1 Å². The summed E-state index contributed by atoms with van der Waals surface area (Å²) >= 11 is 0. The third kappa shape index (κ3) is 4.57. The number of carboxylic acid groups (broad SMARTS) is 2. The Kier molecular flexibility index (Phi) is 4.97. The van der Waals surface area contributed by atoms with E-state index >= 15 is 0 Å². The predicted octanol–water partition coefficient (Wildman–Crippen LogP) is 2.98. The molecule has 0 aliphatic heterocycles. The number of carboxylic acids is 2. The van der Waals surface area contributed by atoms with E-state index in [0.717, 1.165) is 6.42 Å². The standard InChI is InChI=1S/C12H15F3O4/c13-12(14,15)6-8(10(16)17)9(11(18)19)7-4-2-1-3-5-7/h7H,1-6H2,(H,16,17)(H,18,19)/b9-8+. The zero-order chi connectivity index (χ0) is 14.6. The highest BCUT2D eigenvalue weighted by Gasteiger charge is 2.37. The Balaban J connectivity index is 3.16. The van der Waals surface area contributed by atoms with Crippen molar-refractivity contribution in [1.29, 1.82) is 0 Å². The van der Waals surface area contributed by atoms with Gasteiger partial charge in [-0.2, -0.15) is 13.2 Å². The van der Waals surface area contributed by atoms with Gasteiger partial charge in [-0.1, -0.05) is 19.3 Å². The molecule has 1 rings (SSSR count). The van der Waals surface area contributed by atoms with Crippen LogP contribution in [-0.2, 0) is 9.59 Å². The molecule has 0 heterocycles. The molecule has 108 valence electrons. The van der Waals surface area contributed by atoms with Gasteiger partial charge in [0.15, 0.2) is 0 Å². The molecule has 0 aromatic heterocycles. The predicted molar refractivity (Wildman–Crippen MR) is 59.5 cm³/mol. The third-order valence-electron chi connectivity index (χ3n) is 3.20. The first-order valence-electron chi connectivity index (χ1n) is 5.98. The number of halogens is 3. The lowest BCUT2D eigenvalue weighted by atomic mass is 9.81. The summed E-state index contributed by atoms with van der Waals surface area (Å²) in [7, 11) is 0. The van der Waals surface area contributed by atoms with E-state index in [2.05, 4.69) is 0 Å². The van der Waals surface area contributed by atoms with Crippen molar-refractivity contribution >= 4 is 11.9 Å². The zero-order valence-electron chi connectivity index (χ0n) is 10.2. The zero-order valence-corrected chi connectivity index (χ0v) is 10.2. The van der Waals surface area contributed by atoms with Crippen LogP contribution in [0.4, 0.5) is 13.2 Å². The van der Waals surface area contributed by atoms with Crippen molar-refractivity contribution in [3.05, 3.63) is 11.1 Å². The minimum absolute atomic E-state index is 0.427. The van der Waals surface area contributed by atoms with Gasteiger partial charge in [-0.25, -0.2) is 9.59 Å². The van der Waals surface area contributed by atoms with Crippen LogP contribution in [0.5, 0.6) is 0 Å². The Bertz CT molecular complexity index is 392. The number of alkyl halides is 3. The molecule has 7 heteroatoms. The average molecular weight is 280 g/mol. The van der Waals surface area contributed by atoms with Crippen LogP contribution in [0.25, 0.3) is 0 Å². The highest BCUT2D eigenvalue weighted by atomic mass is 19.4. The molecular weight excluding hydrogens is 265 g/mol. The first-order valence-corrected chi connectivity index (χ1v) is 5.98. The van der Waals surface area contributed by atoms with E-state index in [1.54, 1.807) is 0 Å². The van der Waals surface area contributed by atoms with Gasteiger partial charge in [0, 0.05) is 0 Å². The Hall–Kier alpha value is -1.53. The molecular formula is C12H15F3O4. The molecule has 2 N–H and O–H groups in total. The van der Waals surface area contributed by atoms with E-state index in [9.17, 15) is 22.8 Å². The van der Waals surface area contributed by atoms with Gasteiger partial charge in [-0.3, -0.25) is 0 Å². The minimum atomic E-state index is -4.73. The summed E-state index contributed by atoms with van der Waals surface area (Å²) in [6.45, 7) is 0. The molecule has 0 radical (unpaired) electrons. The highest BCUT2D eigenvalue weighted by molar-refractivity contribution is 5.99. The molecule has 0 unspecified atom stereocenters. The molecule has 0 amide bonds. The molecule has 1 aliphatic carbocycles. The molecule has 0 spiro atoms. The number of hydrogen-bond donors (Lipinski definition) is 2. The number of aliphatic carboxylic acids is 2. The fourth-order valence-corrected chi connectivity index (χ4v) is 2.43. The average Bonchev–Trinajstić information content (AvgIpc) is 2.27. The number of rotatable bonds is 4. The summed E-state index contributed by atoms with van der Waals surface area (Å²) in [5.41, 5.74) is -1.61. The van der Waals surface area contributed by atoms with Crippen molar-refractivity contribution in [1.82, 2.24) is 0 Å². The second kappa shape index (κ2) is 6.08. The Labute approximate surface area is 107 Å². The van der Waals surface area contributed by atoms with Crippen LogP contribution >= 0.6 is 0 Å². The normalized spacial score (nSPS) is 18.9. The Morgan fingerprint density at radius 3 is 1.89 bits per heavy atom. The van der Waals surface area contributed by atoms with Gasteiger partial charge in [0.05, 0.1) is 17.6 Å². The van der Waals surface area contributed by atoms with Crippen molar-refractivity contribution in [2.75, 3.05) is 0 Å². The summed E-state index contributed by atoms with van der Waals surface area (Å²) < 4.78 is 37.1. The van der Waals surface area contributed by atoms with E-state index in [-0.39, 0.29) is 0 Å². The summed E-state index contributed by atoms with van der Waals surface area (Å²) in [4.78, 5) is 22.1. The molecule has 0 aromatic rings. The molecule has 1 aliphatic rings. The third-order valence-corrected chi connectivity index (χ3v) is 3.20. The van der Waals surface area contributed by atoms with Crippen molar-refractivity contribution in [2.24, 2.45) is 5.92 Å².